The Kier molecular flexibility index (Phi) is 6.21. The van der Waals surface area contributed by atoms with Gasteiger partial charge in [0.2, 0.25) is 0 Å². The molecule has 0 aromatic heterocycles. The monoisotopic (exact) mass is 354 g/mol. The number of hydrogen-bond acceptors (Lipinski definition) is 3. The summed E-state index contributed by atoms with van der Waals surface area (Å²) >= 11 is 5.95. The number of amides is 1. The number of nitrogens with one attached hydrogen (secondary N) is 1. The molecule has 4 nitrogen and oxygen atoms in total. The molecular weight excluding hydrogens is 336 g/mol. The smallest absolute Gasteiger partial charge is 0.266 e. The predicted molar refractivity (Wildman–Crippen MR) is 101 cm³/mol. The zero-order valence-corrected chi connectivity index (χ0v) is 15.1. The molecule has 0 saturated carbocycles. The van der Waals surface area contributed by atoms with Gasteiger partial charge in [0.15, 0.2) is 0 Å². The number of methoxy groups -OCH3 is 1. The zero-order chi connectivity index (χ0) is 18.4. The van der Waals surface area contributed by atoms with E-state index in [0.29, 0.717) is 22.4 Å². The van der Waals surface area contributed by atoms with Gasteiger partial charge in [-0.15, -0.1) is 0 Å². The van der Waals surface area contributed by atoms with Crippen LogP contribution in [0.2, 0.25) is 5.02 Å². The normalized spacial score (nSPS) is 11.1. The predicted octanol–water partition coefficient (Wildman–Crippen LogP) is 5.02. The summed E-state index contributed by atoms with van der Waals surface area (Å²) < 4.78 is 5.19. The first-order chi connectivity index (χ1) is 11.9. The van der Waals surface area contributed by atoms with Gasteiger partial charge in [0, 0.05) is 5.02 Å². The first-order valence-electron chi connectivity index (χ1n) is 7.81. The van der Waals surface area contributed by atoms with Crippen molar-refractivity contribution in [1.82, 2.24) is 0 Å². The number of carbonyl (C=O) groups is 1. The molecule has 2 rings (SSSR count). The molecule has 0 atom stereocenters. The minimum absolute atomic E-state index is 0.000625. The summed E-state index contributed by atoms with van der Waals surface area (Å²) in [4.78, 5) is 12.4. The van der Waals surface area contributed by atoms with Crippen LogP contribution < -0.4 is 10.1 Å². The van der Waals surface area contributed by atoms with E-state index < -0.39 is 5.91 Å². The lowest BCUT2D eigenvalue weighted by molar-refractivity contribution is -0.112. The summed E-state index contributed by atoms with van der Waals surface area (Å²) in [6, 6.07) is 14.6. The third kappa shape index (κ3) is 4.85. The lowest BCUT2D eigenvalue weighted by Gasteiger charge is -2.10. The van der Waals surface area contributed by atoms with Crippen LogP contribution in [0.15, 0.2) is 48.0 Å². The molecule has 0 aliphatic heterocycles. The molecule has 5 heteroatoms. The van der Waals surface area contributed by atoms with Gasteiger partial charge in [-0.2, -0.15) is 5.26 Å². The molecule has 128 valence electrons. The van der Waals surface area contributed by atoms with Crippen molar-refractivity contribution in [3.8, 4) is 11.8 Å². The van der Waals surface area contributed by atoms with Gasteiger partial charge in [-0.1, -0.05) is 49.7 Å². The second-order valence-electron chi connectivity index (χ2n) is 5.79. The number of ether oxygens (including phenoxy) is 1. The Morgan fingerprint density at radius 3 is 2.48 bits per heavy atom. The SMILES string of the molecule is COc1ccc(Cl)cc1NC(=O)/C(C#N)=C/c1ccc(C(C)C)cc1. The van der Waals surface area contributed by atoms with Gasteiger partial charge in [0.05, 0.1) is 12.8 Å². The van der Waals surface area contributed by atoms with Crippen molar-refractivity contribution < 1.29 is 9.53 Å². The number of benzene rings is 2. The first-order valence-corrected chi connectivity index (χ1v) is 8.19. The molecule has 2 aromatic carbocycles. The molecule has 0 spiro atoms. The van der Waals surface area contributed by atoms with Crippen LogP contribution in [-0.2, 0) is 4.79 Å². The third-order valence-electron chi connectivity index (χ3n) is 3.69. The Hall–Kier alpha value is -2.77. The molecule has 0 radical (unpaired) electrons. The number of rotatable bonds is 5. The second-order valence-corrected chi connectivity index (χ2v) is 6.23. The zero-order valence-electron chi connectivity index (χ0n) is 14.3. The van der Waals surface area contributed by atoms with E-state index in [0.717, 1.165) is 5.56 Å². The minimum atomic E-state index is -0.518. The van der Waals surface area contributed by atoms with Crippen molar-refractivity contribution in [3.05, 3.63) is 64.2 Å². The molecule has 0 aliphatic carbocycles. The van der Waals surface area contributed by atoms with Crippen LogP contribution in [0.5, 0.6) is 5.75 Å². The van der Waals surface area contributed by atoms with Gasteiger partial charge in [0.25, 0.3) is 5.91 Å². The van der Waals surface area contributed by atoms with E-state index in [2.05, 4.69) is 19.2 Å². The lowest BCUT2D eigenvalue weighted by Crippen LogP contribution is -2.14. The fraction of sp³-hybridized carbons (Fsp3) is 0.200. The molecule has 0 fully saturated rings. The fourth-order valence-electron chi connectivity index (χ4n) is 2.26. The Labute approximate surface area is 152 Å². The van der Waals surface area contributed by atoms with Gasteiger partial charge in [-0.3, -0.25) is 4.79 Å². The van der Waals surface area contributed by atoms with Gasteiger partial charge < -0.3 is 10.1 Å². The van der Waals surface area contributed by atoms with Crippen molar-refractivity contribution in [2.75, 3.05) is 12.4 Å². The summed E-state index contributed by atoms with van der Waals surface area (Å²) in [5.74, 6) is 0.374. The Bertz CT molecular complexity index is 834. The molecule has 0 saturated heterocycles. The minimum Gasteiger partial charge on any atom is -0.495 e. The largest absolute Gasteiger partial charge is 0.495 e. The maximum atomic E-state index is 12.4. The number of anilines is 1. The van der Waals surface area contributed by atoms with Crippen molar-refractivity contribution in [3.63, 3.8) is 0 Å². The van der Waals surface area contributed by atoms with E-state index in [9.17, 15) is 10.1 Å². The highest BCUT2D eigenvalue weighted by molar-refractivity contribution is 6.31. The molecule has 25 heavy (non-hydrogen) atoms. The Morgan fingerprint density at radius 1 is 1.24 bits per heavy atom. The van der Waals surface area contributed by atoms with E-state index in [1.165, 1.54) is 12.7 Å². The molecular formula is C20H19ClN2O2. The van der Waals surface area contributed by atoms with E-state index in [4.69, 9.17) is 16.3 Å². The van der Waals surface area contributed by atoms with Gasteiger partial charge in [0.1, 0.15) is 17.4 Å². The highest BCUT2D eigenvalue weighted by atomic mass is 35.5. The van der Waals surface area contributed by atoms with Crippen LogP contribution in [0.4, 0.5) is 5.69 Å². The number of halogens is 1. The Morgan fingerprint density at radius 2 is 1.92 bits per heavy atom. The number of hydrogen-bond donors (Lipinski definition) is 1. The van der Waals surface area contributed by atoms with Gasteiger partial charge >= 0.3 is 0 Å². The van der Waals surface area contributed by atoms with E-state index in [1.54, 1.807) is 24.3 Å². The summed E-state index contributed by atoms with van der Waals surface area (Å²) in [5.41, 5.74) is 2.40. The van der Waals surface area contributed by atoms with E-state index in [-0.39, 0.29) is 5.57 Å². The second kappa shape index (κ2) is 8.36. The highest BCUT2D eigenvalue weighted by Gasteiger charge is 2.13. The molecule has 2 aromatic rings. The van der Waals surface area contributed by atoms with Crippen LogP contribution in [0.3, 0.4) is 0 Å². The van der Waals surface area contributed by atoms with Gasteiger partial charge in [-0.05, 0) is 41.3 Å². The van der Waals surface area contributed by atoms with Crippen LogP contribution in [0.25, 0.3) is 6.08 Å². The molecule has 1 N–H and O–H groups in total. The maximum Gasteiger partial charge on any atom is 0.266 e. The molecule has 0 heterocycles. The molecule has 0 unspecified atom stereocenters. The summed E-state index contributed by atoms with van der Waals surface area (Å²) in [7, 11) is 1.50. The van der Waals surface area contributed by atoms with Crippen molar-refractivity contribution in [2.45, 2.75) is 19.8 Å². The standard InChI is InChI=1S/C20H19ClN2O2/c1-13(2)15-6-4-14(5-7-15)10-16(12-22)20(24)23-18-11-17(21)8-9-19(18)25-3/h4-11,13H,1-3H3,(H,23,24)/b16-10+. The van der Waals surface area contributed by atoms with Crippen molar-refractivity contribution >= 4 is 29.3 Å². The summed E-state index contributed by atoms with van der Waals surface area (Å²) in [6.07, 6.45) is 1.55. The van der Waals surface area contributed by atoms with E-state index in [1.807, 2.05) is 30.3 Å². The van der Waals surface area contributed by atoms with Gasteiger partial charge in [-0.25, -0.2) is 0 Å². The third-order valence-corrected chi connectivity index (χ3v) is 3.92. The average molecular weight is 355 g/mol. The average Bonchev–Trinajstić information content (AvgIpc) is 2.60. The van der Waals surface area contributed by atoms with Crippen LogP contribution in [0, 0.1) is 11.3 Å². The Balaban J connectivity index is 2.24. The van der Waals surface area contributed by atoms with Crippen LogP contribution in [0.1, 0.15) is 30.9 Å². The quantitative estimate of drug-likeness (QED) is 0.605. The number of nitrogens with zero attached hydrogens (tertiary/aromatic N) is 1. The van der Waals surface area contributed by atoms with Crippen LogP contribution >= 0.6 is 11.6 Å². The first kappa shape index (κ1) is 18.6. The summed E-state index contributed by atoms with van der Waals surface area (Å²) in [6.45, 7) is 4.22. The topological polar surface area (TPSA) is 62.1 Å². The lowest BCUT2D eigenvalue weighted by atomic mass is 10.0. The van der Waals surface area contributed by atoms with Crippen molar-refractivity contribution in [2.24, 2.45) is 0 Å². The molecule has 0 bridgehead atoms. The number of carbonyl (C=O) groups excluding carboxylic acids is 1. The van der Waals surface area contributed by atoms with Crippen molar-refractivity contribution in [1.29, 1.82) is 5.26 Å². The molecule has 1 amide bonds. The highest BCUT2D eigenvalue weighted by Crippen LogP contribution is 2.28. The maximum absolute atomic E-state index is 12.4. The number of nitriles is 1. The van der Waals surface area contributed by atoms with E-state index >= 15 is 0 Å². The summed E-state index contributed by atoms with van der Waals surface area (Å²) in [5, 5.41) is 12.4. The fourth-order valence-corrected chi connectivity index (χ4v) is 2.43. The molecule has 0 aliphatic rings. The van der Waals surface area contributed by atoms with Crippen LogP contribution in [-0.4, -0.2) is 13.0 Å².